The molecule has 6 heteroatoms. The lowest BCUT2D eigenvalue weighted by Crippen LogP contribution is -2.25. The maximum atomic E-state index is 12.4. The number of halogens is 1. The molecule has 0 saturated heterocycles. The zero-order valence-corrected chi connectivity index (χ0v) is 16.6. The monoisotopic (exact) mass is 402 g/mol. The van der Waals surface area contributed by atoms with E-state index >= 15 is 0 Å². The lowest BCUT2D eigenvalue weighted by molar-refractivity contribution is 0.0951. The summed E-state index contributed by atoms with van der Waals surface area (Å²) in [5.74, 6) is -0.0144. The number of carbonyl (C=O) groups excluding carboxylic acids is 1. The van der Waals surface area contributed by atoms with Crippen LogP contribution in [0.4, 0.5) is 0 Å². The lowest BCUT2D eigenvalue weighted by Gasteiger charge is -2.10. The van der Waals surface area contributed by atoms with Gasteiger partial charge in [0.05, 0.1) is 16.2 Å². The first kappa shape index (κ1) is 17.9. The van der Waals surface area contributed by atoms with Crippen molar-refractivity contribution in [1.82, 2.24) is 20.3 Å². The lowest BCUT2D eigenvalue weighted by atomic mass is 9.97. The molecule has 1 aliphatic rings. The van der Waals surface area contributed by atoms with E-state index in [1.807, 2.05) is 67.6 Å². The quantitative estimate of drug-likeness (QED) is 0.525. The normalized spacial score (nSPS) is 13.6. The fraction of sp³-hybridized carbons (Fsp3) is 0.174. The van der Waals surface area contributed by atoms with Gasteiger partial charge in [0.25, 0.3) is 5.91 Å². The first-order valence-electron chi connectivity index (χ1n) is 9.62. The third kappa shape index (κ3) is 3.38. The molecule has 1 amide bonds. The van der Waals surface area contributed by atoms with Gasteiger partial charge < -0.3 is 5.32 Å². The summed E-state index contributed by atoms with van der Waals surface area (Å²) in [7, 11) is 0. The standard InChI is InChI=1S/C23H19ClN4O/c1-14-6-7-16(23(29)25-17-9-10-17)12-18(14)15-8-11-22-20(13-15)26-27-28(22)21-5-3-2-4-19(21)24/h2-8,11-13,17H,9-10H2,1H3,(H,25,29). The zero-order valence-electron chi connectivity index (χ0n) is 15.9. The van der Waals surface area contributed by atoms with Gasteiger partial charge in [0.15, 0.2) is 0 Å². The molecule has 5 nitrogen and oxygen atoms in total. The molecule has 4 aromatic rings. The van der Waals surface area contributed by atoms with Gasteiger partial charge in [-0.2, -0.15) is 0 Å². The van der Waals surface area contributed by atoms with Crippen molar-refractivity contribution in [1.29, 1.82) is 0 Å². The van der Waals surface area contributed by atoms with E-state index in [0.717, 1.165) is 46.3 Å². The van der Waals surface area contributed by atoms with Gasteiger partial charge >= 0.3 is 0 Å². The Morgan fingerprint density at radius 3 is 2.72 bits per heavy atom. The first-order valence-corrected chi connectivity index (χ1v) is 10.0. The smallest absolute Gasteiger partial charge is 0.251 e. The van der Waals surface area contributed by atoms with Crippen LogP contribution in [0.2, 0.25) is 5.02 Å². The molecule has 0 spiro atoms. The Balaban J connectivity index is 1.54. The number of nitrogens with one attached hydrogen (secondary N) is 1. The number of amides is 1. The number of nitrogens with zero attached hydrogens (tertiary/aromatic N) is 3. The maximum Gasteiger partial charge on any atom is 0.251 e. The molecule has 1 heterocycles. The Labute approximate surface area is 173 Å². The molecule has 1 fully saturated rings. The SMILES string of the molecule is Cc1ccc(C(=O)NC2CC2)cc1-c1ccc2c(c1)nnn2-c1ccccc1Cl. The van der Waals surface area contributed by atoms with Gasteiger partial charge in [-0.25, -0.2) is 4.68 Å². The van der Waals surface area contributed by atoms with E-state index in [4.69, 9.17) is 11.6 Å². The van der Waals surface area contributed by atoms with Crippen molar-refractivity contribution in [3.63, 3.8) is 0 Å². The topological polar surface area (TPSA) is 59.8 Å². The summed E-state index contributed by atoms with van der Waals surface area (Å²) in [6, 6.07) is 19.7. The fourth-order valence-corrected chi connectivity index (χ4v) is 3.68. The fourth-order valence-electron chi connectivity index (χ4n) is 3.46. The van der Waals surface area contributed by atoms with Gasteiger partial charge in [0.2, 0.25) is 0 Å². The molecule has 1 saturated carbocycles. The highest BCUT2D eigenvalue weighted by molar-refractivity contribution is 6.32. The second kappa shape index (κ2) is 7.01. The summed E-state index contributed by atoms with van der Waals surface area (Å²) in [6.07, 6.45) is 2.14. The van der Waals surface area contributed by atoms with E-state index in [9.17, 15) is 4.79 Å². The molecular weight excluding hydrogens is 384 g/mol. The molecule has 1 aromatic heterocycles. The summed E-state index contributed by atoms with van der Waals surface area (Å²) in [6.45, 7) is 2.04. The molecule has 5 rings (SSSR count). The van der Waals surface area contributed by atoms with E-state index in [2.05, 4.69) is 15.6 Å². The predicted octanol–water partition coefficient (Wildman–Crippen LogP) is 4.94. The number of aromatic nitrogens is 3. The largest absolute Gasteiger partial charge is 0.349 e. The van der Waals surface area contributed by atoms with Crippen molar-refractivity contribution in [2.75, 3.05) is 0 Å². The molecule has 0 radical (unpaired) electrons. The first-order chi connectivity index (χ1) is 14.1. The van der Waals surface area contributed by atoms with Gasteiger partial charge in [-0.05, 0) is 72.9 Å². The number of carbonyl (C=O) groups is 1. The average molecular weight is 403 g/mol. The number of hydrogen-bond acceptors (Lipinski definition) is 3. The highest BCUT2D eigenvalue weighted by Crippen LogP contribution is 2.29. The second-order valence-electron chi connectivity index (χ2n) is 7.43. The van der Waals surface area contributed by atoms with Crippen LogP contribution < -0.4 is 5.32 Å². The minimum Gasteiger partial charge on any atom is -0.349 e. The van der Waals surface area contributed by atoms with E-state index in [1.54, 1.807) is 4.68 Å². The van der Waals surface area contributed by atoms with Crippen LogP contribution in [0, 0.1) is 6.92 Å². The van der Waals surface area contributed by atoms with Crippen LogP contribution in [0.15, 0.2) is 60.7 Å². The van der Waals surface area contributed by atoms with Crippen molar-refractivity contribution >= 4 is 28.5 Å². The molecule has 144 valence electrons. The Morgan fingerprint density at radius 1 is 1.10 bits per heavy atom. The van der Waals surface area contributed by atoms with Crippen LogP contribution in [-0.2, 0) is 0 Å². The molecular formula is C23H19ClN4O. The molecule has 29 heavy (non-hydrogen) atoms. The number of benzene rings is 3. The number of hydrogen-bond donors (Lipinski definition) is 1. The van der Waals surface area contributed by atoms with E-state index in [-0.39, 0.29) is 5.91 Å². The second-order valence-corrected chi connectivity index (χ2v) is 7.84. The van der Waals surface area contributed by atoms with Crippen molar-refractivity contribution in [3.8, 4) is 16.8 Å². The molecule has 0 aliphatic heterocycles. The predicted molar refractivity (Wildman–Crippen MR) is 115 cm³/mol. The van der Waals surface area contributed by atoms with Crippen molar-refractivity contribution in [3.05, 3.63) is 76.8 Å². The summed E-state index contributed by atoms with van der Waals surface area (Å²) < 4.78 is 1.74. The maximum absolute atomic E-state index is 12.4. The van der Waals surface area contributed by atoms with Crippen LogP contribution in [0.1, 0.15) is 28.8 Å². The highest BCUT2D eigenvalue weighted by Gasteiger charge is 2.24. The summed E-state index contributed by atoms with van der Waals surface area (Å²) in [5.41, 5.74) is 6.24. The van der Waals surface area contributed by atoms with Gasteiger partial charge in [-0.15, -0.1) is 5.10 Å². The average Bonchev–Trinajstić information content (AvgIpc) is 3.44. The van der Waals surface area contributed by atoms with Gasteiger partial charge in [-0.3, -0.25) is 4.79 Å². The molecule has 1 N–H and O–H groups in total. The number of para-hydroxylation sites is 1. The minimum absolute atomic E-state index is 0.0144. The number of fused-ring (bicyclic) bond motifs is 1. The third-order valence-electron chi connectivity index (χ3n) is 5.25. The zero-order chi connectivity index (χ0) is 20.0. The number of rotatable bonds is 4. The molecule has 3 aromatic carbocycles. The Hall–Kier alpha value is -3.18. The van der Waals surface area contributed by atoms with E-state index in [1.165, 1.54) is 0 Å². The summed E-state index contributed by atoms with van der Waals surface area (Å²) in [4.78, 5) is 12.4. The van der Waals surface area contributed by atoms with Crippen LogP contribution in [-0.4, -0.2) is 26.9 Å². The molecule has 0 bridgehead atoms. The van der Waals surface area contributed by atoms with E-state index in [0.29, 0.717) is 16.6 Å². The van der Waals surface area contributed by atoms with Gasteiger partial charge in [0, 0.05) is 11.6 Å². The van der Waals surface area contributed by atoms with Crippen molar-refractivity contribution < 1.29 is 4.79 Å². The van der Waals surface area contributed by atoms with Crippen LogP contribution in [0.3, 0.4) is 0 Å². The van der Waals surface area contributed by atoms with Crippen LogP contribution >= 0.6 is 11.6 Å². The Morgan fingerprint density at radius 2 is 1.93 bits per heavy atom. The summed E-state index contributed by atoms with van der Waals surface area (Å²) >= 11 is 6.32. The van der Waals surface area contributed by atoms with Crippen LogP contribution in [0.5, 0.6) is 0 Å². The van der Waals surface area contributed by atoms with Gasteiger partial charge in [0.1, 0.15) is 5.52 Å². The minimum atomic E-state index is -0.0144. The van der Waals surface area contributed by atoms with Crippen molar-refractivity contribution in [2.45, 2.75) is 25.8 Å². The van der Waals surface area contributed by atoms with Crippen molar-refractivity contribution in [2.24, 2.45) is 0 Å². The Bertz CT molecular complexity index is 1240. The highest BCUT2D eigenvalue weighted by atomic mass is 35.5. The number of aryl methyl sites for hydroxylation is 1. The van der Waals surface area contributed by atoms with Gasteiger partial charge in [-0.1, -0.05) is 41.1 Å². The molecule has 0 atom stereocenters. The molecule has 0 unspecified atom stereocenters. The van der Waals surface area contributed by atoms with Crippen LogP contribution in [0.25, 0.3) is 27.8 Å². The summed E-state index contributed by atoms with van der Waals surface area (Å²) in [5, 5.41) is 12.3. The molecule has 1 aliphatic carbocycles. The van der Waals surface area contributed by atoms with E-state index < -0.39 is 0 Å². The third-order valence-corrected chi connectivity index (χ3v) is 5.57. The Kier molecular flexibility index (Phi) is 4.32.